The van der Waals surface area contributed by atoms with E-state index in [9.17, 15) is 19.1 Å². The van der Waals surface area contributed by atoms with Crippen LogP contribution in [0.25, 0.3) is 22.3 Å². The molecule has 9 heteroatoms. The number of pyridine rings is 2. The smallest absolute Gasteiger partial charge is 0.343 e. The quantitative estimate of drug-likeness (QED) is 0.401. The molecule has 0 fully saturated rings. The lowest BCUT2D eigenvalue weighted by molar-refractivity contribution is -0.172. The summed E-state index contributed by atoms with van der Waals surface area (Å²) in [5, 5.41) is 12.2. The Kier molecular flexibility index (Phi) is 5.52. The third-order valence-corrected chi connectivity index (χ3v) is 8.59. The molecule has 8 nitrogen and oxygen atoms in total. The Morgan fingerprint density at radius 3 is 2.81 bits per heavy atom. The molecule has 0 saturated carbocycles. The van der Waals surface area contributed by atoms with E-state index in [0.29, 0.717) is 35.6 Å². The zero-order valence-electron chi connectivity index (χ0n) is 21.4. The lowest BCUT2D eigenvalue weighted by atomic mass is 9.81. The first-order valence-corrected chi connectivity index (χ1v) is 12.9. The highest BCUT2D eigenvalue weighted by molar-refractivity contribution is 5.93. The fourth-order valence-corrected chi connectivity index (χ4v) is 6.47. The monoisotopic (exact) mass is 506 g/mol. The number of benzene rings is 1. The number of aryl methyl sites for hydroxylation is 1. The fourth-order valence-electron chi connectivity index (χ4n) is 6.47. The predicted molar refractivity (Wildman–Crippen MR) is 137 cm³/mol. The second kappa shape index (κ2) is 8.44. The number of rotatable bonds is 5. The SMILES string of the molecule is CC[C@@]1(O)C(=O)OCc2c1cc1n(c2=O)Cc2c-1nc1cc(F)c(C)c3c1c2[C@@H](N(C)CCCN)CC3. The summed E-state index contributed by atoms with van der Waals surface area (Å²) in [5.41, 5.74) is 9.52. The van der Waals surface area contributed by atoms with Gasteiger partial charge in [0, 0.05) is 28.6 Å². The van der Waals surface area contributed by atoms with E-state index in [2.05, 4.69) is 11.9 Å². The van der Waals surface area contributed by atoms with Gasteiger partial charge in [-0.1, -0.05) is 6.92 Å². The normalized spacial score (nSPS) is 21.7. The third kappa shape index (κ3) is 3.27. The molecule has 0 bridgehead atoms. The van der Waals surface area contributed by atoms with E-state index in [1.807, 2.05) is 6.92 Å². The number of esters is 1. The summed E-state index contributed by atoms with van der Waals surface area (Å²) in [7, 11) is 2.08. The molecule has 6 rings (SSSR count). The molecular formula is C28H31FN4O4. The standard InChI is InChI=1S/C28H31FN4O4/c1-4-28(36)18-10-22-25-16(12-33(22)26(34)17(18)13-37-27(28)35)24-21(32(3)9-5-8-30)7-6-15-14(2)19(29)11-20(31-25)23(15)24/h10-11,21,36H,4-9,12-13,30H2,1-3H3/t21-,28-/m0/s1. The summed E-state index contributed by atoms with van der Waals surface area (Å²) in [6.07, 6.45) is 2.50. The van der Waals surface area contributed by atoms with Gasteiger partial charge in [0.05, 0.1) is 29.0 Å². The number of hydrogen-bond donors (Lipinski definition) is 2. The molecule has 0 saturated heterocycles. The van der Waals surface area contributed by atoms with Crippen LogP contribution in [0.4, 0.5) is 4.39 Å². The average molecular weight is 507 g/mol. The Morgan fingerprint density at radius 2 is 2.08 bits per heavy atom. The fraction of sp³-hybridized carbons (Fsp3) is 0.464. The molecule has 2 aliphatic heterocycles. The maximum Gasteiger partial charge on any atom is 0.343 e. The van der Waals surface area contributed by atoms with E-state index in [1.54, 1.807) is 17.6 Å². The predicted octanol–water partition coefficient (Wildman–Crippen LogP) is 2.80. The third-order valence-electron chi connectivity index (χ3n) is 8.59. The molecule has 0 radical (unpaired) electrons. The number of aliphatic hydroxyl groups is 1. The van der Waals surface area contributed by atoms with Gasteiger partial charge in [-0.15, -0.1) is 0 Å². The number of nitrogens with zero attached hydrogens (tertiary/aromatic N) is 3. The maximum absolute atomic E-state index is 15.0. The topological polar surface area (TPSA) is 111 Å². The zero-order valence-corrected chi connectivity index (χ0v) is 21.4. The van der Waals surface area contributed by atoms with Gasteiger partial charge in [-0.2, -0.15) is 0 Å². The van der Waals surface area contributed by atoms with Crippen LogP contribution >= 0.6 is 0 Å². The van der Waals surface area contributed by atoms with E-state index in [4.69, 9.17) is 15.5 Å². The summed E-state index contributed by atoms with van der Waals surface area (Å²) < 4.78 is 21.8. The number of cyclic esters (lactones) is 1. The van der Waals surface area contributed by atoms with Crippen molar-refractivity contribution in [3.05, 3.63) is 61.7 Å². The van der Waals surface area contributed by atoms with Crippen molar-refractivity contribution in [3.8, 4) is 11.4 Å². The molecule has 0 spiro atoms. The molecule has 1 aliphatic carbocycles. The Labute approximate surface area is 213 Å². The second-order valence-electron chi connectivity index (χ2n) is 10.5. The van der Waals surface area contributed by atoms with E-state index >= 15 is 0 Å². The summed E-state index contributed by atoms with van der Waals surface area (Å²) in [6.45, 7) is 5.06. The van der Waals surface area contributed by atoms with Crippen LogP contribution in [0.15, 0.2) is 16.9 Å². The van der Waals surface area contributed by atoms with Gasteiger partial charge in [-0.05, 0) is 75.5 Å². The Balaban J connectivity index is 1.64. The van der Waals surface area contributed by atoms with Gasteiger partial charge in [0.1, 0.15) is 12.4 Å². The minimum Gasteiger partial charge on any atom is -0.458 e. The lowest BCUT2D eigenvalue weighted by Gasteiger charge is -2.35. The first-order valence-electron chi connectivity index (χ1n) is 12.9. The van der Waals surface area contributed by atoms with Gasteiger partial charge in [0.15, 0.2) is 5.60 Å². The van der Waals surface area contributed by atoms with Gasteiger partial charge >= 0.3 is 5.97 Å². The number of fused-ring (bicyclic) bond motifs is 5. The molecule has 3 aromatic rings. The second-order valence-corrected chi connectivity index (χ2v) is 10.5. The van der Waals surface area contributed by atoms with Crippen LogP contribution in [-0.2, 0) is 34.7 Å². The van der Waals surface area contributed by atoms with Crippen LogP contribution in [0.2, 0.25) is 0 Å². The minimum atomic E-state index is -1.89. The summed E-state index contributed by atoms with van der Waals surface area (Å²) in [4.78, 5) is 33.4. The molecule has 3 N–H and O–H groups in total. The molecular weight excluding hydrogens is 475 g/mol. The molecule has 0 amide bonds. The number of nitrogens with two attached hydrogens (primary N) is 1. The number of hydrogen-bond acceptors (Lipinski definition) is 7. The van der Waals surface area contributed by atoms with Gasteiger partial charge in [-0.3, -0.25) is 9.69 Å². The van der Waals surface area contributed by atoms with Gasteiger partial charge < -0.3 is 20.1 Å². The highest BCUT2D eigenvalue weighted by Crippen LogP contribution is 2.47. The zero-order chi connectivity index (χ0) is 26.2. The number of ether oxygens (including phenoxy) is 1. The summed E-state index contributed by atoms with van der Waals surface area (Å²) in [6, 6.07) is 3.26. The summed E-state index contributed by atoms with van der Waals surface area (Å²) in [5.74, 6) is -1.05. The molecule has 3 aliphatic rings. The van der Waals surface area contributed by atoms with Gasteiger partial charge in [0.2, 0.25) is 0 Å². The van der Waals surface area contributed by atoms with E-state index in [1.165, 1.54) is 6.07 Å². The van der Waals surface area contributed by atoms with Crippen molar-refractivity contribution < 1.29 is 19.0 Å². The molecule has 2 aromatic heterocycles. The molecule has 194 valence electrons. The van der Waals surface area contributed by atoms with Crippen molar-refractivity contribution in [2.75, 3.05) is 20.1 Å². The van der Waals surface area contributed by atoms with Crippen molar-refractivity contribution in [1.29, 1.82) is 0 Å². The van der Waals surface area contributed by atoms with E-state index in [-0.39, 0.29) is 41.6 Å². The number of carbonyl (C=O) groups is 1. The maximum atomic E-state index is 15.0. The van der Waals surface area contributed by atoms with Crippen molar-refractivity contribution in [2.45, 2.75) is 64.3 Å². The minimum absolute atomic E-state index is 0.0697. The number of aromatic nitrogens is 2. The van der Waals surface area contributed by atoms with Crippen LogP contribution in [0, 0.1) is 12.7 Å². The molecule has 0 unspecified atom stereocenters. The Morgan fingerprint density at radius 1 is 1.30 bits per heavy atom. The first-order chi connectivity index (χ1) is 17.7. The van der Waals surface area contributed by atoms with Crippen LogP contribution in [0.1, 0.15) is 65.6 Å². The van der Waals surface area contributed by atoms with Crippen molar-refractivity contribution in [1.82, 2.24) is 14.5 Å². The average Bonchev–Trinajstić information content (AvgIpc) is 3.26. The van der Waals surface area contributed by atoms with E-state index in [0.717, 1.165) is 47.9 Å². The Hall–Kier alpha value is -3.14. The van der Waals surface area contributed by atoms with Crippen LogP contribution in [0.5, 0.6) is 0 Å². The molecule has 1 aromatic carbocycles. The van der Waals surface area contributed by atoms with Gasteiger partial charge in [-0.25, -0.2) is 14.2 Å². The van der Waals surface area contributed by atoms with Gasteiger partial charge in [0.25, 0.3) is 5.56 Å². The molecule has 4 heterocycles. The van der Waals surface area contributed by atoms with Crippen LogP contribution < -0.4 is 11.3 Å². The highest BCUT2D eigenvalue weighted by atomic mass is 19.1. The largest absolute Gasteiger partial charge is 0.458 e. The van der Waals surface area contributed by atoms with Crippen molar-refractivity contribution in [3.63, 3.8) is 0 Å². The first kappa shape index (κ1) is 24.2. The molecule has 2 atom stereocenters. The van der Waals surface area contributed by atoms with E-state index < -0.39 is 11.6 Å². The Bertz CT molecular complexity index is 1550. The lowest BCUT2D eigenvalue weighted by Crippen LogP contribution is -2.44. The highest BCUT2D eigenvalue weighted by Gasteiger charge is 2.46. The molecule has 37 heavy (non-hydrogen) atoms. The number of halogens is 1. The van der Waals surface area contributed by atoms with Crippen molar-refractivity contribution in [2.24, 2.45) is 5.73 Å². The van der Waals surface area contributed by atoms with Crippen molar-refractivity contribution >= 4 is 16.9 Å². The summed E-state index contributed by atoms with van der Waals surface area (Å²) >= 11 is 0. The number of carbonyl (C=O) groups excluding carboxylic acids is 1. The van der Waals surface area contributed by atoms with Crippen LogP contribution in [-0.4, -0.2) is 45.7 Å². The van der Waals surface area contributed by atoms with Crippen LogP contribution in [0.3, 0.4) is 0 Å².